The molecule has 1 aromatic carbocycles. The summed E-state index contributed by atoms with van der Waals surface area (Å²) in [6, 6.07) is 5.58. The zero-order valence-corrected chi connectivity index (χ0v) is 11.9. The SMILES string of the molecule is Nc1nc2ccc(Br)cc2n1C1CCS(=O)(=O)C1. The van der Waals surface area contributed by atoms with E-state index in [0.29, 0.717) is 12.4 Å². The highest BCUT2D eigenvalue weighted by Gasteiger charge is 2.31. The van der Waals surface area contributed by atoms with Gasteiger partial charge in [-0.1, -0.05) is 15.9 Å². The predicted octanol–water partition coefficient (Wildman–Crippen LogP) is 1.74. The van der Waals surface area contributed by atoms with Gasteiger partial charge < -0.3 is 10.3 Å². The number of benzene rings is 1. The zero-order chi connectivity index (χ0) is 12.9. The maximum absolute atomic E-state index is 11.6. The maximum atomic E-state index is 11.6. The summed E-state index contributed by atoms with van der Waals surface area (Å²) in [4.78, 5) is 4.27. The average molecular weight is 330 g/mol. The maximum Gasteiger partial charge on any atom is 0.201 e. The molecule has 2 aromatic rings. The highest BCUT2D eigenvalue weighted by atomic mass is 79.9. The third-order valence-electron chi connectivity index (χ3n) is 3.25. The van der Waals surface area contributed by atoms with Gasteiger partial charge in [-0.25, -0.2) is 13.4 Å². The molecule has 18 heavy (non-hydrogen) atoms. The monoisotopic (exact) mass is 329 g/mol. The van der Waals surface area contributed by atoms with Crippen LogP contribution in [0.4, 0.5) is 5.95 Å². The van der Waals surface area contributed by atoms with E-state index >= 15 is 0 Å². The van der Waals surface area contributed by atoms with Gasteiger partial charge in [-0.15, -0.1) is 0 Å². The third-order valence-corrected chi connectivity index (χ3v) is 5.50. The minimum absolute atomic E-state index is 0.103. The second kappa shape index (κ2) is 3.96. The molecule has 5 nitrogen and oxygen atoms in total. The van der Waals surface area contributed by atoms with Gasteiger partial charge in [-0.2, -0.15) is 0 Å². The van der Waals surface area contributed by atoms with Crippen LogP contribution in [-0.4, -0.2) is 29.5 Å². The van der Waals surface area contributed by atoms with E-state index in [9.17, 15) is 8.42 Å². The Morgan fingerprint density at radius 3 is 2.89 bits per heavy atom. The quantitative estimate of drug-likeness (QED) is 0.864. The van der Waals surface area contributed by atoms with Crippen molar-refractivity contribution in [3.63, 3.8) is 0 Å². The van der Waals surface area contributed by atoms with Crippen LogP contribution in [0.25, 0.3) is 11.0 Å². The van der Waals surface area contributed by atoms with Gasteiger partial charge in [0.2, 0.25) is 5.95 Å². The molecule has 3 rings (SSSR count). The van der Waals surface area contributed by atoms with E-state index in [2.05, 4.69) is 20.9 Å². The van der Waals surface area contributed by atoms with Crippen molar-refractivity contribution < 1.29 is 8.42 Å². The Hall–Kier alpha value is -1.08. The van der Waals surface area contributed by atoms with Gasteiger partial charge in [-0.3, -0.25) is 0 Å². The van der Waals surface area contributed by atoms with Crippen molar-refractivity contribution in [3.05, 3.63) is 22.7 Å². The van der Waals surface area contributed by atoms with E-state index in [1.54, 1.807) is 0 Å². The third kappa shape index (κ3) is 1.91. The molecule has 7 heteroatoms. The van der Waals surface area contributed by atoms with Gasteiger partial charge in [0, 0.05) is 4.47 Å². The summed E-state index contributed by atoms with van der Waals surface area (Å²) in [6.07, 6.45) is 0.602. The molecular formula is C11H12BrN3O2S. The van der Waals surface area contributed by atoms with Gasteiger partial charge >= 0.3 is 0 Å². The summed E-state index contributed by atoms with van der Waals surface area (Å²) >= 11 is 3.41. The van der Waals surface area contributed by atoms with E-state index in [1.165, 1.54) is 0 Å². The average Bonchev–Trinajstić information content (AvgIpc) is 2.77. The van der Waals surface area contributed by atoms with Crippen LogP contribution >= 0.6 is 15.9 Å². The Labute approximate surface area is 113 Å². The fraction of sp³-hybridized carbons (Fsp3) is 0.364. The lowest BCUT2D eigenvalue weighted by atomic mass is 10.2. The van der Waals surface area contributed by atoms with Crippen LogP contribution in [0, 0.1) is 0 Å². The zero-order valence-electron chi connectivity index (χ0n) is 9.51. The van der Waals surface area contributed by atoms with E-state index in [-0.39, 0.29) is 17.5 Å². The van der Waals surface area contributed by atoms with E-state index < -0.39 is 9.84 Å². The Bertz CT molecular complexity index is 723. The lowest BCUT2D eigenvalue weighted by molar-refractivity contribution is 0.575. The molecule has 1 atom stereocenters. The number of fused-ring (bicyclic) bond motifs is 1. The Morgan fingerprint density at radius 1 is 1.44 bits per heavy atom. The minimum atomic E-state index is -2.93. The standard InChI is InChI=1S/C11H12BrN3O2S/c12-7-1-2-9-10(5-7)15(11(13)14-9)8-3-4-18(16,17)6-8/h1-2,5,8H,3-4,6H2,(H2,13,14). The van der Waals surface area contributed by atoms with Crippen LogP contribution in [0.5, 0.6) is 0 Å². The molecule has 1 unspecified atom stereocenters. The summed E-state index contributed by atoms with van der Waals surface area (Å²) in [5.41, 5.74) is 7.58. The number of nitrogens with two attached hydrogens (primary N) is 1. The molecule has 0 aliphatic carbocycles. The number of nitrogen functional groups attached to an aromatic ring is 1. The van der Waals surface area contributed by atoms with E-state index in [0.717, 1.165) is 15.5 Å². The van der Waals surface area contributed by atoms with Crippen LogP contribution in [0.2, 0.25) is 0 Å². The number of hydrogen-bond acceptors (Lipinski definition) is 4. The second-order valence-corrected chi connectivity index (χ2v) is 7.67. The van der Waals surface area contributed by atoms with Crippen molar-refractivity contribution >= 4 is 42.7 Å². The molecular weight excluding hydrogens is 318 g/mol. The molecule has 1 aliphatic rings. The van der Waals surface area contributed by atoms with Gasteiger partial charge in [0.1, 0.15) is 0 Å². The first-order valence-corrected chi connectivity index (χ1v) is 8.21. The highest BCUT2D eigenvalue weighted by molar-refractivity contribution is 9.10. The molecule has 1 fully saturated rings. The summed E-state index contributed by atoms with van der Waals surface area (Å²) in [7, 11) is -2.93. The Balaban J connectivity index is 2.17. The molecule has 0 radical (unpaired) electrons. The molecule has 1 saturated heterocycles. The highest BCUT2D eigenvalue weighted by Crippen LogP contribution is 2.31. The minimum Gasteiger partial charge on any atom is -0.369 e. The van der Waals surface area contributed by atoms with Gasteiger partial charge in [-0.05, 0) is 24.6 Å². The molecule has 2 heterocycles. The number of sulfone groups is 1. The number of halogens is 1. The van der Waals surface area contributed by atoms with Crippen molar-refractivity contribution in [2.24, 2.45) is 0 Å². The van der Waals surface area contributed by atoms with Crippen molar-refractivity contribution in [1.82, 2.24) is 9.55 Å². The van der Waals surface area contributed by atoms with Gasteiger partial charge in [0.25, 0.3) is 0 Å². The first-order valence-electron chi connectivity index (χ1n) is 5.60. The number of hydrogen-bond donors (Lipinski definition) is 1. The summed E-state index contributed by atoms with van der Waals surface area (Å²) in [5.74, 6) is 0.755. The summed E-state index contributed by atoms with van der Waals surface area (Å²) < 4.78 is 25.9. The lowest BCUT2D eigenvalue weighted by Crippen LogP contribution is -2.13. The molecule has 0 amide bonds. The van der Waals surface area contributed by atoms with Crippen molar-refractivity contribution in [2.45, 2.75) is 12.5 Å². The van der Waals surface area contributed by atoms with Gasteiger partial charge in [0.15, 0.2) is 9.84 Å². The molecule has 0 bridgehead atoms. The predicted molar refractivity (Wildman–Crippen MR) is 74.2 cm³/mol. The van der Waals surface area contributed by atoms with Gasteiger partial charge in [0.05, 0.1) is 28.6 Å². The molecule has 1 aromatic heterocycles. The Morgan fingerprint density at radius 2 is 2.22 bits per heavy atom. The van der Waals surface area contributed by atoms with Crippen molar-refractivity contribution in [1.29, 1.82) is 0 Å². The second-order valence-electron chi connectivity index (χ2n) is 4.53. The topological polar surface area (TPSA) is 78.0 Å². The number of anilines is 1. The Kier molecular flexibility index (Phi) is 2.63. The normalized spacial score (nSPS) is 22.6. The van der Waals surface area contributed by atoms with Crippen LogP contribution in [0.3, 0.4) is 0 Å². The van der Waals surface area contributed by atoms with Crippen LogP contribution < -0.4 is 5.73 Å². The van der Waals surface area contributed by atoms with Crippen molar-refractivity contribution in [2.75, 3.05) is 17.2 Å². The summed E-state index contributed by atoms with van der Waals surface area (Å²) in [6.45, 7) is 0. The van der Waals surface area contributed by atoms with Crippen molar-refractivity contribution in [3.8, 4) is 0 Å². The molecule has 1 aliphatic heterocycles. The van der Waals surface area contributed by atoms with E-state index in [4.69, 9.17) is 5.73 Å². The first-order chi connectivity index (χ1) is 8.46. The summed E-state index contributed by atoms with van der Waals surface area (Å²) in [5, 5.41) is 0. The number of nitrogens with zero attached hydrogens (tertiary/aromatic N) is 2. The number of imidazole rings is 1. The fourth-order valence-corrected chi connectivity index (χ4v) is 4.50. The van der Waals surface area contributed by atoms with Crippen LogP contribution in [0.15, 0.2) is 22.7 Å². The first kappa shape index (κ1) is 12.0. The molecule has 96 valence electrons. The number of rotatable bonds is 1. The lowest BCUT2D eigenvalue weighted by Gasteiger charge is -2.12. The number of aromatic nitrogens is 2. The van der Waals surface area contributed by atoms with E-state index in [1.807, 2.05) is 22.8 Å². The molecule has 2 N–H and O–H groups in total. The molecule has 0 saturated carbocycles. The largest absolute Gasteiger partial charge is 0.369 e. The smallest absolute Gasteiger partial charge is 0.201 e. The fourth-order valence-electron chi connectivity index (χ4n) is 2.45. The molecule has 0 spiro atoms. The van der Waals surface area contributed by atoms with Crippen LogP contribution in [0.1, 0.15) is 12.5 Å². The van der Waals surface area contributed by atoms with Crippen LogP contribution in [-0.2, 0) is 9.84 Å².